The molecule has 0 radical (unpaired) electrons. The van der Waals surface area contributed by atoms with Crippen molar-refractivity contribution in [3.63, 3.8) is 0 Å². The van der Waals surface area contributed by atoms with Gasteiger partial charge in [0, 0.05) is 19.0 Å². The van der Waals surface area contributed by atoms with Crippen LogP contribution in [0.25, 0.3) is 0 Å². The molecule has 0 bridgehead atoms. The van der Waals surface area contributed by atoms with Crippen molar-refractivity contribution in [3.05, 3.63) is 0 Å². The van der Waals surface area contributed by atoms with E-state index < -0.39 is 0 Å². The standard InChI is InChI=1S/C15H29N3O/c1-18-9-7-13(11-18)6-8-17-15(19)14-4-2-12(10-16)3-5-14/h12-14H,2-11,16H2,1H3,(H,17,19). The van der Waals surface area contributed by atoms with Gasteiger partial charge in [0.1, 0.15) is 0 Å². The van der Waals surface area contributed by atoms with E-state index >= 15 is 0 Å². The molecule has 1 heterocycles. The summed E-state index contributed by atoms with van der Waals surface area (Å²) < 4.78 is 0. The fourth-order valence-corrected chi connectivity index (χ4v) is 3.47. The van der Waals surface area contributed by atoms with Crippen molar-refractivity contribution in [2.45, 2.75) is 38.5 Å². The van der Waals surface area contributed by atoms with E-state index in [1.807, 2.05) is 0 Å². The van der Waals surface area contributed by atoms with Crippen LogP contribution in [0.1, 0.15) is 38.5 Å². The van der Waals surface area contributed by atoms with Crippen LogP contribution in [-0.2, 0) is 4.79 Å². The number of likely N-dealkylation sites (tertiary alicyclic amines) is 1. The lowest BCUT2D eigenvalue weighted by Crippen LogP contribution is -2.35. The summed E-state index contributed by atoms with van der Waals surface area (Å²) in [4.78, 5) is 14.5. The monoisotopic (exact) mass is 267 g/mol. The quantitative estimate of drug-likeness (QED) is 0.787. The molecule has 0 aromatic heterocycles. The van der Waals surface area contributed by atoms with Crippen LogP contribution in [0.15, 0.2) is 0 Å². The van der Waals surface area contributed by atoms with Gasteiger partial charge in [-0.05, 0) is 70.5 Å². The number of rotatable bonds is 5. The first-order chi connectivity index (χ1) is 9.19. The number of amides is 1. The topological polar surface area (TPSA) is 58.4 Å². The lowest BCUT2D eigenvalue weighted by Gasteiger charge is -2.26. The highest BCUT2D eigenvalue weighted by molar-refractivity contribution is 5.78. The predicted octanol–water partition coefficient (Wildman–Crippen LogP) is 1.21. The molecule has 1 aliphatic heterocycles. The Bertz CT molecular complexity index is 287. The molecule has 0 aromatic carbocycles. The Labute approximate surface area is 117 Å². The molecule has 4 nitrogen and oxygen atoms in total. The Kier molecular flexibility index (Phi) is 5.64. The minimum atomic E-state index is 0.244. The molecule has 4 heteroatoms. The summed E-state index contributed by atoms with van der Waals surface area (Å²) in [5.41, 5.74) is 5.68. The van der Waals surface area contributed by atoms with Gasteiger partial charge in [-0.25, -0.2) is 0 Å². The molecule has 110 valence electrons. The maximum Gasteiger partial charge on any atom is 0.223 e. The van der Waals surface area contributed by atoms with Gasteiger partial charge in [0.2, 0.25) is 5.91 Å². The second-order valence-corrected chi connectivity index (χ2v) is 6.45. The van der Waals surface area contributed by atoms with E-state index in [4.69, 9.17) is 5.73 Å². The maximum absolute atomic E-state index is 12.1. The van der Waals surface area contributed by atoms with Gasteiger partial charge >= 0.3 is 0 Å². The van der Waals surface area contributed by atoms with Crippen LogP contribution in [0.5, 0.6) is 0 Å². The van der Waals surface area contributed by atoms with Crippen molar-refractivity contribution >= 4 is 5.91 Å². The van der Waals surface area contributed by atoms with Crippen molar-refractivity contribution in [2.75, 3.05) is 33.2 Å². The van der Waals surface area contributed by atoms with E-state index in [1.54, 1.807) is 0 Å². The zero-order valence-corrected chi connectivity index (χ0v) is 12.2. The molecule has 2 fully saturated rings. The fourth-order valence-electron chi connectivity index (χ4n) is 3.47. The zero-order valence-electron chi connectivity index (χ0n) is 12.2. The van der Waals surface area contributed by atoms with Crippen molar-refractivity contribution in [1.82, 2.24) is 10.2 Å². The number of hydrogen-bond acceptors (Lipinski definition) is 3. The molecule has 0 aromatic rings. The summed E-state index contributed by atoms with van der Waals surface area (Å²) in [5.74, 6) is 1.95. The summed E-state index contributed by atoms with van der Waals surface area (Å²) in [5, 5.41) is 3.14. The Morgan fingerprint density at radius 1 is 1.21 bits per heavy atom. The molecule has 2 aliphatic rings. The van der Waals surface area contributed by atoms with Crippen LogP contribution in [0.2, 0.25) is 0 Å². The Morgan fingerprint density at radius 2 is 1.95 bits per heavy atom. The average molecular weight is 267 g/mol. The molecule has 1 amide bonds. The zero-order chi connectivity index (χ0) is 13.7. The molecule has 1 aliphatic carbocycles. The number of hydrogen-bond donors (Lipinski definition) is 2. The largest absolute Gasteiger partial charge is 0.356 e. The normalized spacial score (nSPS) is 32.4. The van der Waals surface area contributed by atoms with Crippen LogP contribution in [-0.4, -0.2) is 44.0 Å². The van der Waals surface area contributed by atoms with Gasteiger partial charge in [0.15, 0.2) is 0 Å². The van der Waals surface area contributed by atoms with Gasteiger partial charge in [-0.2, -0.15) is 0 Å². The first-order valence-corrected chi connectivity index (χ1v) is 7.85. The number of carbonyl (C=O) groups is 1. The summed E-state index contributed by atoms with van der Waals surface area (Å²) in [7, 11) is 2.18. The Morgan fingerprint density at radius 3 is 2.53 bits per heavy atom. The van der Waals surface area contributed by atoms with Crippen molar-refractivity contribution in [1.29, 1.82) is 0 Å². The van der Waals surface area contributed by atoms with Gasteiger partial charge in [-0.3, -0.25) is 4.79 Å². The molecule has 19 heavy (non-hydrogen) atoms. The predicted molar refractivity (Wildman–Crippen MR) is 77.7 cm³/mol. The van der Waals surface area contributed by atoms with Crippen molar-refractivity contribution in [2.24, 2.45) is 23.5 Å². The lowest BCUT2D eigenvalue weighted by molar-refractivity contribution is -0.126. The highest BCUT2D eigenvalue weighted by Crippen LogP contribution is 2.28. The summed E-state index contributed by atoms with van der Waals surface area (Å²) in [6.45, 7) is 4.04. The highest BCUT2D eigenvalue weighted by Gasteiger charge is 2.25. The van der Waals surface area contributed by atoms with Crippen LogP contribution in [0.4, 0.5) is 0 Å². The molecule has 1 saturated heterocycles. The molecule has 1 saturated carbocycles. The maximum atomic E-state index is 12.1. The number of carbonyl (C=O) groups excluding carboxylic acids is 1. The van der Waals surface area contributed by atoms with E-state index in [2.05, 4.69) is 17.3 Å². The summed E-state index contributed by atoms with van der Waals surface area (Å²) in [6, 6.07) is 0. The molecular weight excluding hydrogens is 238 g/mol. The second-order valence-electron chi connectivity index (χ2n) is 6.45. The van der Waals surface area contributed by atoms with Crippen molar-refractivity contribution in [3.8, 4) is 0 Å². The molecule has 1 unspecified atom stereocenters. The summed E-state index contributed by atoms with van der Waals surface area (Å²) in [6.07, 6.45) is 6.73. The first-order valence-electron chi connectivity index (χ1n) is 7.85. The van der Waals surface area contributed by atoms with Crippen LogP contribution in [0, 0.1) is 17.8 Å². The fraction of sp³-hybridized carbons (Fsp3) is 0.933. The van der Waals surface area contributed by atoms with E-state index in [9.17, 15) is 4.79 Å². The first kappa shape index (κ1) is 14.8. The van der Waals surface area contributed by atoms with Crippen LogP contribution >= 0.6 is 0 Å². The molecule has 2 rings (SSSR count). The van der Waals surface area contributed by atoms with E-state index in [0.717, 1.165) is 51.1 Å². The second kappa shape index (κ2) is 7.25. The van der Waals surface area contributed by atoms with E-state index in [-0.39, 0.29) is 11.8 Å². The molecule has 0 spiro atoms. The number of nitrogens with one attached hydrogen (secondary N) is 1. The third-order valence-electron chi connectivity index (χ3n) is 4.89. The number of nitrogens with two attached hydrogens (primary N) is 1. The van der Waals surface area contributed by atoms with Gasteiger partial charge in [-0.1, -0.05) is 0 Å². The summed E-state index contributed by atoms with van der Waals surface area (Å²) >= 11 is 0. The third-order valence-corrected chi connectivity index (χ3v) is 4.89. The van der Waals surface area contributed by atoms with Crippen LogP contribution in [0.3, 0.4) is 0 Å². The molecule has 3 N–H and O–H groups in total. The van der Waals surface area contributed by atoms with Gasteiger partial charge in [0.25, 0.3) is 0 Å². The SMILES string of the molecule is CN1CCC(CCNC(=O)C2CCC(CN)CC2)C1. The Hall–Kier alpha value is -0.610. The van der Waals surface area contributed by atoms with Gasteiger partial charge < -0.3 is 16.0 Å². The van der Waals surface area contributed by atoms with E-state index in [1.165, 1.54) is 19.5 Å². The molecule has 1 atom stereocenters. The Balaban J connectivity index is 1.59. The minimum Gasteiger partial charge on any atom is -0.356 e. The van der Waals surface area contributed by atoms with Gasteiger partial charge in [0.05, 0.1) is 0 Å². The lowest BCUT2D eigenvalue weighted by atomic mass is 9.81. The minimum absolute atomic E-state index is 0.244. The smallest absolute Gasteiger partial charge is 0.223 e. The average Bonchev–Trinajstić information content (AvgIpc) is 2.84. The molecular formula is C15H29N3O. The van der Waals surface area contributed by atoms with Gasteiger partial charge in [-0.15, -0.1) is 0 Å². The number of nitrogens with zero attached hydrogens (tertiary/aromatic N) is 1. The highest BCUT2D eigenvalue weighted by atomic mass is 16.1. The third kappa shape index (κ3) is 4.46. The van der Waals surface area contributed by atoms with E-state index in [0.29, 0.717) is 5.92 Å². The van der Waals surface area contributed by atoms with Crippen molar-refractivity contribution < 1.29 is 4.79 Å². The van der Waals surface area contributed by atoms with Crippen LogP contribution < -0.4 is 11.1 Å².